The lowest BCUT2D eigenvalue weighted by molar-refractivity contribution is 0.0246. The van der Waals surface area contributed by atoms with Crippen molar-refractivity contribution in [2.75, 3.05) is 6.54 Å². The minimum Gasteiger partial charge on any atom is -0.508 e. The molecule has 0 spiro atoms. The zero-order valence-corrected chi connectivity index (χ0v) is 12.0. The van der Waals surface area contributed by atoms with Gasteiger partial charge in [-0.15, -0.1) is 0 Å². The van der Waals surface area contributed by atoms with E-state index < -0.39 is 5.60 Å². The fourth-order valence-corrected chi connectivity index (χ4v) is 2.66. The Morgan fingerprint density at radius 3 is 2.50 bits per heavy atom. The molecule has 2 rings (SSSR count). The van der Waals surface area contributed by atoms with Gasteiger partial charge >= 0.3 is 0 Å². The third-order valence-electron chi connectivity index (χ3n) is 4.08. The van der Waals surface area contributed by atoms with E-state index in [1.807, 2.05) is 0 Å². The predicted molar refractivity (Wildman–Crippen MR) is 77.8 cm³/mol. The van der Waals surface area contributed by atoms with Gasteiger partial charge in [0.1, 0.15) is 5.75 Å². The van der Waals surface area contributed by atoms with E-state index in [-0.39, 0.29) is 18.2 Å². The number of amides is 1. The van der Waals surface area contributed by atoms with Crippen molar-refractivity contribution in [3.05, 3.63) is 29.3 Å². The smallest absolute Gasteiger partial charge is 0.251 e. The number of benzene rings is 1. The Morgan fingerprint density at radius 2 is 1.90 bits per heavy atom. The highest BCUT2D eigenvalue weighted by Crippen LogP contribution is 2.26. The molecule has 1 aliphatic rings. The molecule has 1 amide bonds. The Morgan fingerprint density at radius 1 is 1.25 bits per heavy atom. The van der Waals surface area contributed by atoms with E-state index in [2.05, 4.69) is 5.32 Å². The minimum absolute atomic E-state index is 0.117. The molecule has 0 radical (unpaired) electrons. The van der Waals surface area contributed by atoms with E-state index >= 15 is 0 Å². The van der Waals surface area contributed by atoms with Gasteiger partial charge in [0.15, 0.2) is 0 Å². The molecule has 1 fully saturated rings. The lowest BCUT2D eigenvalue weighted by Crippen LogP contribution is -2.42. The van der Waals surface area contributed by atoms with E-state index in [4.69, 9.17) is 0 Å². The Balaban J connectivity index is 1.95. The highest BCUT2D eigenvalue weighted by molar-refractivity contribution is 5.94. The lowest BCUT2D eigenvalue weighted by Gasteiger charge is -2.26. The molecule has 0 aliphatic heterocycles. The highest BCUT2D eigenvalue weighted by atomic mass is 16.3. The minimum atomic E-state index is -0.779. The summed E-state index contributed by atoms with van der Waals surface area (Å²) < 4.78 is 0. The van der Waals surface area contributed by atoms with Crippen LogP contribution in [-0.4, -0.2) is 28.3 Å². The van der Waals surface area contributed by atoms with Crippen LogP contribution >= 0.6 is 0 Å². The number of aromatic hydroxyl groups is 1. The van der Waals surface area contributed by atoms with Crippen LogP contribution in [-0.2, 0) is 0 Å². The normalized spacial score (nSPS) is 18.3. The van der Waals surface area contributed by atoms with Crippen molar-refractivity contribution >= 4 is 5.91 Å². The topological polar surface area (TPSA) is 69.6 Å². The fraction of sp³-hybridized carbons (Fsp3) is 0.562. The van der Waals surface area contributed by atoms with E-state index in [1.165, 1.54) is 6.07 Å². The van der Waals surface area contributed by atoms with Gasteiger partial charge in [0.25, 0.3) is 5.91 Å². The number of phenolic OH excluding ortho intramolecular Hbond substituents is 1. The van der Waals surface area contributed by atoms with Gasteiger partial charge in [-0.1, -0.05) is 31.7 Å². The van der Waals surface area contributed by atoms with Gasteiger partial charge in [-0.2, -0.15) is 0 Å². The molecule has 0 unspecified atom stereocenters. The van der Waals surface area contributed by atoms with Gasteiger partial charge in [-0.25, -0.2) is 0 Å². The first-order valence-corrected chi connectivity index (χ1v) is 7.30. The van der Waals surface area contributed by atoms with E-state index in [0.29, 0.717) is 5.56 Å². The molecule has 0 saturated heterocycles. The number of rotatable bonds is 3. The van der Waals surface area contributed by atoms with Crippen molar-refractivity contribution in [2.24, 2.45) is 0 Å². The van der Waals surface area contributed by atoms with Crippen molar-refractivity contribution in [2.45, 2.75) is 51.0 Å². The average molecular weight is 277 g/mol. The summed E-state index contributed by atoms with van der Waals surface area (Å²) in [6.45, 7) is 2.06. The molecule has 20 heavy (non-hydrogen) atoms. The average Bonchev–Trinajstić information content (AvgIpc) is 2.65. The standard InChI is InChI=1S/C16H23NO3/c1-12-6-7-13(10-14(12)18)15(19)17-11-16(20)8-4-2-3-5-9-16/h6-7,10,18,20H,2-5,8-9,11H2,1H3,(H,17,19). The number of phenols is 1. The monoisotopic (exact) mass is 277 g/mol. The Labute approximate surface area is 119 Å². The first-order chi connectivity index (χ1) is 9.50. The molecular weight excluding hydrogens is 254 g/mol. The number of aliphatic hydroxyl groups is 1. The predicted octanol–water partition coefficient (Wildman–Crippen LogP) is 2.52. The Hall–Kier alpha value is -1.55. The molecule has 0 atom stereocenters. The van der Waals surface area contributed by atoms with Crippen LogP contribution in [0.5, 0.6) is 5.75 Å². The number of carbonyl (C=O) groups is 1. The molecule has 4 heteroatoms. The maximum atomic E-state index is 12.0. The van der Waals surface area contributed by atoms with Crippen LogP contribution in [0.4, 0.5) is 0 Å². The van der Waals surface area contributed by atoms with E-state index in [0.717, 1.165) is 44.1 Å². The summed E-state index contributed by atoms with van der Waals surface area (Å²) >= 11 is 0. The van der Waals surface area contributed by atoms with Gasteiger partial charge in [0.05, 0.1) is 5.60 Å². The second-order valence-corrected chi connectivity index (χ2v) is 5.82. The highest BCUT2D eigenvalue weighted by Gasteiger charge is 2.28. The van der Waals surface area contributed by atoms with Crippen LogP contribution in [0.2, 0.25) is 0 Å². The number of hydrogen-bond acceptors (Lipinski definition) is 3. The Kier molecular flexibility index (Phi) is 4.65. The number of hydrogen-bond donors (Lipinski definition) is 3. The molecule has 110 valence electrons. The summed E-state index contributed by atoms with van der Waals surface area (Å²) in [4.78, 5) is 12.0. The van der Waals surface area contributed by atoms with Crippen molar-refractivity contribution < 1.29 is 15.0 Å². The second-order valence-electron chi connectivity index (χ2n) is 5.82. The van der Waals surface area contributed by atoms with Crippen molar-refractivity contribution in [1.82, 2.24) is 5.32 Å². The molecule has 0 heterocycles. The maximum absolute atomic E-state index is 12.0. The largest absolute Gasteiger partial charge is 0.508 e. The molecule has 1 aromatic rings. The van der Waals surface area contributed by atoms with Crippen molar-refractivity contribution in [1.29, 1.82) is 0 Å². The molecule has 1 aliphatic carbocycles. The summed E-state index contributed by atoms with van der Waals surface area (Å²) in [5, 5.41) is 22.9. The summed E-state index contributed by atoms with van der Waals surface area (Å²) in [5.41, 5.74) is 0.382. The van der Waals surface area contributed by atoms with Gasteiger partial charge < -0.3 is 15.5 Å². The molecule has 4 nitrogen and oxygen atoms in total. The van der Waals surface area contributed by atoms with Crippen molar-refractivity contribution in [3.63, 3.8) is 0 Å². The molecule has 3 N–H and O–H groups in total. The third kappa shape index (κ3) is 3.73. The molecule has 1 saturated carbocycles. The molecule has 1 aromatic carbocycles. The number of nitrogens with one attached hydrogen (secondary N) is 1. The summed E-state index contributed by atoms with van der Waals surface area (Å²) in [7, 11) is 0. The van der Waals surface area contributed by atoms with Crippen LogP contribution in [0.15, 0.2) is 18.2 Å². The van der Waals surface area contributed by atoms with E-state index in [1.54, 1.807) is 19.1 Å². The van der Waals surface area contributed by atoms with Crippen LogP contribution < -0.4 is 5.32 Å². The van der Waals surface area contributed by atoms with Crippen LogP contribution in [0.1, 0.15) is 54.4 Å². The van der Waals surface area contributed by atoms with Gasteiger partial charge in [0.2, 0.25) is 0 Å². The Bertz CT molecular complexity index is 477. The molecular formula is C16H23NO3. The van der Waals surface area contributed by atoms with Gasteiger partial charge in [-0.05, 0) is 37.5 Å². The summed E-state index contributed by atoms with van der Waals surface area (Å²) in [5.74, 6) is -0.135. The van der Waals surface area contributed by atoms with Crippen LogP contribution in [0, 0.1) is 6.92 Å². The summed E-state index contributed by atoms with van der Waals surface area (Å²) in [6, 6.07) is 4.86. The van der Waals surface area contributed by atoms with Crippen LogP contribution in [0.3, 0.4) is 0 Å². The van der Waals surface area contributed by atoms with E-state index in [9.17, 15) is 15.0 Å². The summed E-state index contributed by atoms with van der Waals surface area (Å²) in [6.07, 6.45) is 5.82. The number of carbonyl (C=O) groups excluding carboxylic acids is 1. The van der Waals surface area contributed by atoms with Crippen LogP contribution in [0.25, 0.3) is 0 Å². The fourth-order valence-electron chi connectivity index (χ4n) is 2.66. The first kappa shape index (κ1) is 14.9. The second kappa shape index (κ2) is 6.27. The zero-order valence-electron chi connectivity index (χ0n) is 12.0. The quantitative estimate of drug-likeness (QED) is 0.744. The first-order valence-electron chi connectivity index (χ1n) is 7.30. The molecule has 0 bridgehead atoms. The lowest BCUT2D eigenvalue weighted by atomic mass is 9.94. The van der Waals surface area contributed by atoms with Gasteiger partial charge in [-0.3, -0.25) is 4.79 Å². The molecule has 0 aromatic heterocycles. The van der Waals surface area contributed by atoms with Crippen molar-refractivity contribution in [3.8, 4) is 5.75 Å². The number of aryl methyl sites for hydroxylation is 1. The SMILES string of the molecule is Cc1ccc(C(=O)NCC2(O)CCCCCC2)cc1O. The zero-order chi connectivity index (χ0) is 14.6. The maximum Gasteiger partial charge on any atom is 0.251 e. The third-order valence-corrected chi connectivity index (χ3v) is 4.08. The van der Waals surface area contributed by atoms with Gasteiger partial charge in [0, 0.05) is 12.1 Å².